The first kappa shape index (κ1) is 9.56. The summed E-state index contributed by atoms with van der Waals surface area (Å²) in [6.07, 6.45) is 1.47. The topological polar surface area (TPSA) is 33.4 Å². The van der Waals surface area contributed by atoms with Crippen molar-refractivity contribution in [3.8, 4) is 0 Å². The number of aryl methyl sites for hydroxylation is 1. The number of aliphatic hydroxyl groups is 1. The molecule has 0 saturated carbocycles. The first-order valence-corrected chi connectivity index (χ1v) is 4.97. The van der Waals surface area contributed by atoms with Crippen LogP contribution in [0.25, 0.3) is 11.0 Å². The Labute approximate surface area is 87.1 Å². The molecule has 0 aliphatic carbocycles. The lowest BCUT2D eigenvalue weighted by molar-refractivity contribution is 0.285. The van der Waals surface area contributed by atoms with E-state index >= 15 is 0 Å². The minimum absolute atomic E-state index is 0.185. The molecule has 1 heterocycles. The second-order valence-corrected chi connectivity index (χ2v) is 3.61. The van der Waals surface area contributed by atoms with Crippen molar-refractivity contribution in [3.63, 3.8) is 0 Å². The molecule has 74 valence electrons. The number of para-hydroxylation sites is 1. The standard InChI is InChI=1S/C11H11ClO2/c12-10-5-1-3-8-7-9(4-2-6-13)14-11(8)10/h1,3,5,7,13H,2,4,6H2. The van der Waals surface area contributed by atoms with Crippen LogP contribution in [0.15, 0.2) is 28.7 Å². The maximum absolute atomic E-state index is 8.69. The van der Waals surface area contributed by atoms with E-state index in [0.29, 0.717) is 5.02 Å². The number of aliphatic hydroxyl groups excluding tert-OH is 1. The molecule has 0 spiro atoms. The van der Waals surface area contributed by atoms with Crippen molar-refractivity contribution in [3.05, 3.63) is 35.0 Å². The van der Waals surface area contributed by atoms with Crippen molar-refractivity contribution in [2.24, 2.45) is 0 Å². The molecule has 2 nitrogen and oxygen atoms in total. The number of halogens is 1. The lowest BCUT2D eigenvalue weighted by Crippen LogP contribution is -1.85. The van der Waals surface area contributed by atoms with Crippen LogP contribution in [-0.2, 0) is 6.42 Å². The molecule has 0 fully saturated rings. The van der Waals surface area contributed by atoms with Gasteiger partial charge in [0.15, 0.2) is 5.58 Å². The van der Waals surface area contributed by atoms with E-state index < -0.39 is 0 Å². The third-order valence-corrected chi connectivity index (χ3v) is 2.43. The summed E-state index contributed by atoms with van der Waals surface area (Å²) in [6.45, 7) is 0.185. The molecular formula is C11H11ClO2. The van der Waals surface area contributed by atoms with Crippen molar-refractivity contribution in [1.82, 2.24) is 0 Å². The molecule has 0 saturated heterocycles. The third-order valence-electron chi connectivity index (χ3n) is 2.13. The maximum atomic E-state index is 8.69. The van der Waals surface area contributed by atoms with Crippen LogP contribution in [0.2, 0.25) is 5.02 Å². The van der Waals surface area contributed by atoms with Gasteiger partial charge in [0.25, 0.3) is 0 Å². The van der Waals surface area contributed by atoms with Crippen molar-refractivity contribution in [2.45, 2.75) is 12.8 Å². The monoisotopic (exact) mass is 210 g/mol. The molecule has 0 aliphatic heterocycles. The van der Waals surface area contributed by atoms with Crippen LogP contribution < -0.4 is 0 Å². The Morgan fingerprint density at radius 3 is 2.93 bits per heavy atom. The normalized spacial score (nSPS) is 11.0. The van der Waals surface area contributed by atoms with Gasteiger partial charge in [-0.2, -0.15) is 0 Å². The van der Waals surface area contributed by atoms with Crippen molar-refractivity contribution >= 4 is 22.6 Å². The Morgan fingerprint density at radius 1 is 1.36 bits per heavy atom. The minimum atomic E-state index is 0.185. The third kappa shape index (κ3) is 1.76. The van der Waals surface area contributed by atoms with Crippen LogP contribution in [0.1, 0.15) is 12.2 Å². The summed E-state index contributed by atoms with van der Waals surface area (Å²) in [5, 5.41) is 10.3. The molecule has 1 N–H and O–H groups in total. The quantitative estimate of drug-likeness (QED) is 0.845. The van der Waals surface area contributed by atoms with Gasteiger partial charge in [0, 0.05) is 18.4 Å². The van der Waals surface area contributed by atoms with Crippen LogP contribution in [0.4, 0.5) is 0 Å². The zero-order valence-corrected chi connectivity index (χ0v) is 8.42. The predicted molar refractivity (Wildman–Crippen MR) is 56.6 cm³/mol. The average Bonchev–Trinajstić information content (AvgIpc) is 2.59. The molecule has 0 bridgehead atoms. The molecule has 3 heteroatoms. The molecule has 1 aromatic heterocycles. The number of benzene rings is 1. The van der Waals surface area contributed by atoms with Gasteiger partial charge in [-0.3, -0.25) is 0 Å². The Morgan fingerprint density at radius 2 is 2.21 bits per heavy atom. The molecule has 0 atom stereocenters. The van der Waals surface area contributed by atoms with Gasteiger partial charge in [-0.1, -0.05) is 23.7 Å². The average molecular weight is 211 g/mol. The SMILES string of the molecule is OCCCc1cc2cccc(Cl)c2o1. The van der Waals surface area contributed by atoms with Gasteiger partial charge in [-0.15, -0.1) is 0 Å². The largest absolute Gasteiger partial charge is 0.460 e. The van der Waals surface area contributed by atoms with Gasteiger partial charge in [0.05, 0.1) is 5.02 Å². The van der Waals surface area contributed by atoms with Crippen LogP contribution in [0.5, 0.6) is 0 Å². The van der Waals surface area contributed by atoms with Gasteiger partial charge >= 0.3 is 0 Å². The van der Waals surface area contributed by atoms with E-state index in [4.69, 9.17) is 21.1 Å². The van der Waals surface area contributed by atoms with Crippen molar-refractivity contribution in [1.29, 1.82) is 0 Å². The van der Waals surface area contributed by atoms with Gasteiger partial charge in [0.2, 0.25) is 0 Å². The van der Waals surface area contributed by atoms with E-state index in [9.17, 15) is 0 Å². The first-order valence-electron chi connectivity index (χ1n) is 4.59. The van der Waals surface area contributed by atoms with Gasteiger partial charge in [-0.05, 0) is 18.6 Å². The predicted octanol–water partition coefficient (Wildman–Crippen LogP) is 3.01. The second kappa shape index (κ2) is 4.03. The Balaban J connectivity index is 2.36. The van der Waals surface area contributed by atoms with Gasteiger partial charge in [-0.25, -0.2) is 0 Å². The van der Waals surface area contributed by atoms with Crippen LogP contribution in [0, 0.1) is 0 Å². The number of furan rings is 1. The Bertz CT molecular complexity index is 434. The highest BCUT2D eigenvalue weighted by Gasteiger charge is 2.05. The van der Waals surface area contributed by atoms with E-state index in [1.807, 2.05) is 24.3 Å². The van der Waals surface area contributed by atoms with E-state index in [2.05, 4.69) is 0 Å². The van der Waals surface area contributed by atoms with Gasteiger partial charge in [0.1, 0.15) is 5.76 Å². The highest BCUT2D eigenvalue weighted by molar-refractivity contribution is 6.34. The number of hydrogen-bond donors (Lipinski definition) is 1. The maximum Gasteiger partial charge on any atom is 0.152 e. The van der Waals surface area contributed by atoms with E-state index in [1.165, 1.54) is 0 Å². The van der Waals surface area contributed by atoms with Crippen molar-refractivity contribution < 1.29 is 9.52 Å². The minimum Gasteiger partial charge on any atom is -0.460 e. The fourth-order valence-electron chi connectivity index (χ4n) is 1.46. The molecule has 0 unspecified atom stereocenters. The lowest BCUT2D eigenvalue weighted by Gasteiger charge is -1.92. The fourth-order valence-corrected chi connectivity index (χ4v) is 1.68. The molecule has 0 aliphatic rings. The summed E-state index contributed by atoms with van der Waals surface area (Å²) in [5.41, 5.74) is 0.738. The molecule has 1 aromatic carbocycles. The molecule has 2 aromatic rings. The molecule has 0 amide bonds. The second-order valence-electron chi connectivity index (χ2n) is 3.20. The van der Waals surface area contributed by atoms with Crippen molar-refractivity contribution in [2.75, 3.05) is 6.61 Å². The molecule has 0 radical (unpaired) electrons. The zero-order valence-electron chi connectivity index (χ0n) is 7.66. The number of hydrogen-bond acceptors (Lipinski definition) is 2. The van der Waals surface area contributed by atoms with Crippen LogP contribution in [0.3, 0.4) is 0 Å². The lowest BCUT2D eigenvalue weighted by atomic mass is 10.2. The molecular weight excluding hydrogens is 200 g/mol. The summed E-state index contributed by atoms with van der Waals surface area (Å²) >= 11 is 5.96. The highest BCUT2D eigenvalue weighted by Crippen LogP contribution is 2.26. The van der Waals surface area contributed by atoms with E-state index in [0.717, 1.165) is 29.6 Å². The summed E-state index contributed by atoms with van der Waals surface area (Å²) in [6, 6.07) is 7.64. The smallest absolute Gasteiger partial charge is 0.152 e. The first-order chi connectivity index (χ1) is 6.81. The zero-order chi connectivity index (χ0) is 9.97. The Hall–Kier alpha value is -0.990. The van der Waals surface area contributed by atoms with Crippen LogP contribution in [-0.4, -0.2) is 11.7 Å². The molecule has 14 heavy (non-hydrogen) atoms. The summed E-state index contributed by atoms with van der Waals surface area (Å²) in [5.74, 6) is 0.877. The van der Waals surface area contributed by atoms with Gasteiger partial charge < -0.3 is 9.52 Å². The summed E-state index contributed by atoms with van der Waals surface area (Å²) in [4.78, 5) is 0. The molecule has 2 rings (SSSR count). The fraction of sp³-hybridized carbons (Fsp3) is 0.273. The summed E-state index contributed by atoms with van der Waals surface area (Å²) < 4.78 is 5.56. The highest BCUT2D eigenvalue weighted by atomic mass is 35.5. The number of fused-ring (bicyclic) bond motifs is 1. The van der Waals surface area contributed by atoms with E-state index in [1.54, 1.807) is 0 Å². The van der Waals surface area contributed by atoms with Crippen LogP contribution >= 0.6 is 11.6 Å². The summed E-state index contributed by atoms with van der Waals surface area (Å²) in [7, 11) is 0. The Kier molecular flexibility index (Phi) is 2.75. The number of rotatable bonds is 3. The van der Waals surface area contributed by atoms with E-state index in [-0.39, 0.29) is 6.61 Å².